The molecule has 5 heteroatoms. The van der Waals surface area contributed by atoms with Crippen molar-refractivity contribution in [2.24, 2.45) is 0 Å². The third kappa shape index (κ3) is 3.13. The minimum Gasteiger partial charge on any atom is -0.497 e. The molecular weight excluding hydrogens is 244 g/mol. The molecule has 5 nitrogen and oxygen atoms in total. The van der Waals surface area contributed by atoms with Crippen LogP contribution in [0.4, 0.5) is 0 Å². The Labute approximate surface area is 111 Å². The summed E-state index contributed by atoms with van der Waals surface area (Å²) in [5.74, 6) is 1.01. The molecule has 0 aliphatic heterocycles. The molecule has 0 fully saturated rings. The predicted octanol–water partition coefficient (Wildman–Crippen LogP) is 2.48. The van der Waals surface area contributed by atoms with Gasteiger partial charge < -0.3 is 14.5 Å². The number of ether oxygens (including phenoxy) is 1. The molecule has 2 rings (SSSR count). The van der Waals surface area contributed by atoms with Crippen molar-refractivity contribution in [1.82, 2.24) is 10.3 Å². The van der Waals surface area contributed by atoms with E-state index in [0.717, 1.165) is 11.3 Å². The summed E-state index contributed by atoms with van der Waals surface area (Å²) in [7, 11) is 1.62. The number of carbonyl (C=O) groups excluding carboxylic acids is 1. The standard InChI is InChI=1S/C14H16N2O3/c1-9(11-4-6-12(18-3)7-5-11)15-14(17)13-8-19-10(2)16-13/h4-9H,1-3H3,(H,15,17)/t9-/m0/s1. The molecule has 0 aliphatic carbocycles. The number of carbonyl (C=O) groups is 1. The van der Waals surface area contributed by atoms with Crippen molar-refractivity contribution in [2.45, 2.75) is 19.9 Å². The minimum absolute atomic E-state index is 0.115. The van der Waals surface area contributed by atoms with Crippen LogP contribution in [-0.2, 0) is 0 Å². The lowest BCUT2D eigenvalue weighted by Gasteiger charge is -2.13. The highest BCUT2D eigenvalue weighted by atomic mass is 16.5. The lowest BCUT2D eigenvalue weighted by Crippen LogP contribution is -2.26. The maximum absolute atomic E-state index is 11.9. The molecule has 0 saturated heterocycles. The Morgan fingerprint density at radius 3 is 2.58 bits per heavy atom. The van der Waals surface area contributed by atoms with Crippen molar-refractivity contribution in [1.29, 1.82) is 0 Å². The summed E-state index contributed by atoms with van der Waals surface area (Å²) in [6.45, 7) is 3.61. The van der Waals surface area contributed by atoms with E-state index in [2.05, 4.69) is 10.3 Å². The Hall–Kier alpha value is -2.30. The minimum atomic E-state index is -0.250. The van der Waals surface area contributed by atoms with Gasteiger partial charge in [-0.15, -0.1) is 0 Å². The number of nitrogens with one attached hydrogen (secondary N) is 1. The van der Waals surface area contributed by atoms with Crippen molar-refractivity contribution in [3.8, 4) is 5.75 Å². The molecule has 1 aromatic carbocycles. The van der Waals surface area contributed by atoms with Crippen LogP contribution < -0.4 is 10.1 Å². The number of methoxy groups -OCH3 is 1. The molecule has 1 N–H and O–H groups in total. The molecule has 0 saturated carbocycles. The van der Waals surface area contributed by atoms with Crippen molar-refractivity contribution < 1.29 is 13.9 Å². The van der Waals surface area contributed by atoms with Gasteiger partial charge in [-0.25, -0.2) is 4.98 Å². The van der Waals surface area contributed by atoms with E-state index < -0.39 is 0 Å². The molecular formula is C14H16N2O3. The first-order valence-corrected chi connectivity index (χ1v) is 5.97. The zero-order valence-electron chi connectivity index (χ0n) is 11.1. The summed E-state index contributed by atoms with van der Waals surface area (Å²) in [4.78, 5) is 15.9. The smallest absolute Gasteiger partial charge is 0.273 e. The van der Waals surface area contributed by atoms with Gasteiger partial charge in [-0.1, -0.05) is 12.1 Å². The Morgan fingerprint density at radius 2 is 2.05 bits per heavy atom. The Kier molecular flexibility index (Phi) is 3.85. The first-order chi connectivity index (χ1) is 9.10. The van der Waals surface area contributed by atoms with Gasteiger partial charge in [0.1, 0.15) is 12.0 Å². The fourth-order valence-electron chi connectivity index (χ4n) is 1.71. The summed E-state index contributed by atoms with van der Waals surface area (Å²) in [5, 5.41) is 2.86. The SMILES string of the molecule is COc1ccc([C@H](C)NC(=O)c2coc(C)n2)cc1. The van der Waals surface area contributed by atoms with E-state index in [4.69, 9.17) is 9.15 Å². The lowest BCUT2D eigenvalue weighted by molar-refractivity contribution is 0.0935. The van der Waals surface area contributed by atoms with E-state index in [1.807, 2.05) is 31.2 Å². The maximum atomic E-state index is 11.9. The molecule has 1 atom stereocenters. The molecule has 2 aromatic rings. The van der Waals surface area contributed by atoms with Crippen molar-refractivity contribution in [3.63, 3.8) is 0 Å². The summed E-state index contributed by atoms with van der Waals surface area (Å²) in [6, 6.07) is 7.43. The third-order valence-electron chi connectivity index (χ3n) is 2.82. The van der Waals surface area contributed by atoms with Gasteiger partial charge in [0.2, 0.25) is 0 Å². The van der Waals surface area contributed by atoms with Gasteiger partial charge in [0, 0.05) is 6.92 Å². The molecule has 1 heterocycles. The van der Waals surface area contributed by atoms with Crippen LogP contribution in [0.15, 0.2) is 34.9 Å². The maximum Gasteiger partial charge on any atom is 0.273 e. The lowest BCUT2D eigenvalue weighted by atomic mass is 10.1. The quantitative estimate of drug-likeness (QED) is 0.917. The number of benzene rings is 1. The van der Waals surface area contributed by atoms with Gasteiger partial charge in [-0.2, -0.15) is 0 Å². The summed E-state index contributed by atoms with van der Waals surface area (Å²) >= 11 is 0. The number of oxazole rings is 1. The first-order valence-electron chi connectivity index (χ1n) is 5.97. The molecule has 19 heavy (non-hydrogen) atoms. The van der Waals surface area contributed by atoms with Crippen LogP contribution in [0.2, 0.25) is 0 Å². The topological polar surface area (TPSA) is 64.4 Å². The number of aromatic nitrogens is 1. The van der Waals surface area contributed by atoms with Gasteiger partial charge >= 0.3 is 0 Å². The van der Waals surface area contributed by atoms with Crippen LogP contribution in [0.3, 0.4) is 0 Å². The van der Waals surface area contributed by atoms with E-state index in [-0.39, 0.29) is 17.6 Å². The molecule has 0 unspecified atom stereocenters. The predicted molar refractivity (Wildman–Crippen MR) is 70.1 cm³/mol. The van der Waals surface area contributed by atoms with Crippen LogP contribution in [0, 0.1) is 6.92 Å². The van der Waals surface area contributed by atoms with Gasteiger partial charge in [-0.05, 0) is 24.6 Å². The largest absolute Gasteiger partial charge is 0.497 e. The van der Waals surface area contributed by atoms with E-state index in [0.29, 0.717) is 5.89 Å². The average Bonchev–Trinajstić information content (AvgIpc) is 2.85. The zero-order chi connectivity index (χ0) is 13.8. The van der Waals surface area contributed by atoms with Crippen LogP contribution in [-0.4, -0.2) is 18.0 Å². The summed E-state index contributed by atoms with van der Waals surface area (Å²) in [6.07, 6.45) is 1.35. The zero-order valence-corrected chi connectivity index (χ0v) is 11.1. The number of aryl methyl sites for hydroxylation is 1. The molecule has 0 bridgehead atoms. The van der Waals surface area contributed by atoms with Crippen LogP contribution >= 0.6 is 0 Å². The molecule has 1 aromatic heterocycles. The highest BCUT2D eigenvalue weighted by Gasteiger charge is 2.14. The molecule has 100 valence electrons. The monoisotopic (exact) mass is 260 g/mol. The number of hydrogen-bond donors (Lipinski definition) is 1. The van der Waals surface area contributed by atoms with Gasteiger partial charge in [-0.3, -0.25) is 4.79 Å². The van der Waals surface area contributed by atoms with E-state index >= 15 is 0 Å². The van der Waals surface area contributed by atoms with Crippen molar-refractivity contribution >= 4 is 5.91 Å². The fourth-order valence-corrected chi connectivity index (χ4v) is 1.71. The third-order valence-corrected chi connectivity index (χ3v) is 2.82. The van der Waals surface area contributed by atoms with Crippen LogP contribution in [0.5, 0.6) is 5.75 Å². The number of rotatable bonds is 4. The second kappa shape index (κ2) is 5.56. The van der Waals surface area contributed by atoms with Crippen LogP contribution in [0.25, 0.3) is 0 Å². The second-order valence-corrected chi connectivity index (χ2v) is 4.22. The van der Waals surface area contributed by atoms with Crippen molar-refractivity contribution in [3.05, 3.63) is 47.7 Å². The molecule has 0 radical (unpaired) electrons. The molecule has 1 amide bonds. The molecule has 0 aliphatic rings. The van der Waals surface area contributed by atoms with Crippen LogP contribution in [0.1, 0.15) is 34.9 Å². The Balaban J connectivity index is 2.03. The van der Waals surface area contributed by atoms with Gasteiger partial charge in [0.15, 0.2) is 11.6 Å². The number of nitrogens with zero attached hydrogens (tertiary/aromatic N) is 1. The van der Waals surface area contributed by atoms with E-state index in [1.54, 1.807) is 14.0 Å². The van der Waals surface area contributed by atoms with E-state index in [9.17, 15) is 4.79 Å². The van der Waals surface area contributed by atoms with E-state index in [1.165, 1.54) is 6.26 Å². The van der Waals surface area contributed by atoms with Gasteiger partial charge in [0.05, 0.1) is 13.2 Å². The summed E-state index contributed by atoms with van der Waals surface area (Å²) < 4.78 is 10.1. The van der Waals surface area contributed by atoms with Crippen molar-refractivity contribution in [2.75, 3.05) is 7.11 Å². The highest BCUT2D eigenvalue weighted by molar-refractivity contribution is 5.92. The number of hydrogen-bond acceptors (Lipinski definition) is 4. The fraction of sp³-hybridized carbons (Fsp3) is 0.286. The average molecular weight is 260 g/mol. The highest BCUT2D eigenvalue weighted by Crippen LogP contribution is 2.17. The first kappa shape index (κ1) is 13.1. The summed E-state index contributed by atoms with van der Waals surface area (Å²) in [5.41, 5.74) is 1.28. The Bertz CT molecular complexity index is 560. The Morgan fingerprint density at radius 1 is 1.37 bits per heavy atom. The van der Waals surface area contributed by atoms with Gasteiger partial charge in [0.25, 0.3) is 5.91 Å². The second-order valence-electron chi connectivity index (χ2n) is 4.22. The normalized spacial score (nSPS) is 11.9. The molecule has 0 spiro atoms. The number of amides is 1.